The molecule has 3 rings (SSSR count). The average molecular weight is 356 g/mol. The van der Waals surface area contributed by atoms with Crippen LogP contribution in [0.3, 0.4) is 0 Å². The van der Waals surface area contributed by atoms with Crippen molar-refractivity contribution in [2.45, 2.75) is 45.6 Å². The summed E-state index contributed by atoms with van der Waals surface area (Å²) in [6.07, 6.45) is 1.42. The molecule has 5 heteroatoms. The van der Waals surface area contributed by atoms with Crippen molar-refractivity contribution in [3.05, 3.63) is 69.9 Å². The molecule has 1 amide bonds. The highest BCUT2D eigenvalue weighted by molar-refractivity contribution is 5.93. The van der Waals surface area contributed by atoms with Crippen LogP contribution in [0, 0.1) is 18.2 Å². The molecule has 1 atom stereocenters. The van der Waals surface area contributed by atoms with Crippen LogP contribution in [0.25, 0.3) is 0 Å². The largest absolute Gasteiger partial charge is 0.355 e. The molecule has 4 nitrogen and oxygen atoms in total. The van der Waals surface area contributed by atoms with E-state index in [4.69, 9.17) is 0 Å². The monoisotopic (exact) mass is 356 g/mol. The van der Waals surface area contributed by atoms with Crippen molar-refractivity contribution in [2.24, 2.45) is 5.41 Å². The Balaban J connectivity index is 1.64. The van der Waals surface area contributed by atoms with Crippen LogP contribution in [0.4, 0.5) is 4.39 Å². The Labute approximate surface area is 153 Å². The van der Waals surface area contributed by atoms with Gasteiger partial charge in [-0.05, 0) is 48.9 Å². The molecule has 0 saturated heterocycles. The molecular formula is C21H25FN2O2. The number of pyridine rings is 1. The van der Waals surface area contributed by atoms with Crippen molar-refractivity contribution in [2.75, 3.05) is 6.54 Å². The number of nitrogens with zero attached hydrogens (tertiary/aromatic N) is 1. The van der Waals surface area contributed by atoms with Crippen molar-refractivity contribution in [1.82, 2.24) is 9.88 Å². The van der Waals surface area contributed by atoms with Crippen LogP contribution in [0.15, 0.2) is 47.3 Å². The molecule has 0 aliphatic heterocycles. The summed E-state index contributed by atoms with van der Waals surface area (Å²) in [6.45, 7) is 7.08. The molecule has 1 aliphatic rings. The number of aromatic nitrogens is 1. The topological polar surface area (TPSA) is 51.1 Å². The first-order valence-electron chi connectivity index (χ1n) is 8.99. The van der Waals surface area contributed by atoms with Crippen LogP contribution in [0.5, 0.6) is 0 Å². The molecule has 2 aromatic rings. The quantitative estimate of drug-likeness (QED) is 0.809. The molecule has 0 unspecified atom stereocenters. The second-order valence-corrected chi connectivity index (χ2v) is 7.74. The van der Waals surface area contributed by atoms with E-state index in [1.165, 1.54) is 12.1 Å². The number of hydrogen-bond donors (Lipinski definition) is 1. The zero-order chi connectivity index (χ0) is 18.9. The van der Waals surface area contributed by atoms with E-state index in [-0.39, 0.29) is 22.7 Å². The van der Waals surface area contributed by atoms with E-state index in [2.05, 4.69) is 19.2 Å². The fourth-order valence-electron chi connectivity index (χ4n) is 3.86. The summed E-state index contributed by atoms with van der Waals surface area (Å²) in [6, 6.07) is 11.4. The van der Waals surface area contributed by atoms with Crippen molar-refractivity contribution in [3.63, 3.8) is 0 Å². The van der Waals surface area contributed by atoms with Gasteiger partial charge in [0.25, 0.3) is 5.56 Å². The maximum atomic E-state index is 13.2. The molecule has 0 spiro atoms. The van der Waals surface area contributed by atoms with Crippen LogP contribution in [0.2, 0.25) is 0 Å². The smallest absolute Gasteiger partial charge is 0.250 e. The predicted octanol–water partition coefficient (Wildman–Crippen LogP) is 3.17. The first-order chi connectivity index (χ1) is 12.3. The van der Waals surface area contributed by atoms with E-state index >= 15 is 0 Å². The summed E-state index contributed by atoms with van der Waals surface area (Å²) in [4.78, 5) is 24.8. The van der Waals surface area contributed by atoms with Crippen LogP contribution in [0.1, 0.15) is 37.9 Å². The van der Waals surface area contributed by atoms with Crippen molar-refractivity contribution in [3.8, 4) is 0 Å². The normalized spacial score (nSPS) is 20.6. The van der Waals surface area contributed by atoms with Crippen molar-refractivity contribution in [1.29, 1.82) is 0 Å². The summed E-state index contributed by atoms with van der Waals surface area (Å²) in [5.74, 6) is -0.322. The summed E-state index contributed by atoms with van der Waals surface area (Å²) < 4.78 is 14.9. The lowest BCUT2D eigenvalue weighted by atomic mass is 9.87. The molecule has 138 valence electrons. The minimum Gasteiger partial charge on any atom is -0.355 e. The fourth-order valence-corrected chi connectivity index (χ4v) is 3.86. The van der Waals surface area contributed by atoms with E-state index < -0.39 is 5.41 Å². The summed E-state index contributed by atoms with van der Waals surface area (Å²) in [5.41, 5.74) is 0.996. The van der Waals surface area contributed by atoms with E-state index in [0.717, 1.165) is 17.7 Å². The molecular weight excluding hydrogens is 331 g/mol. The van der Waals surface area contributed by atoms with Gasteiger partial charge in [-0.1, -0.05) is 32.0 Å². The number of carbonyl (C=O) groups is 1. The number of carbonyl (C=O) groups excluding carboxylic acids is 1. The Hall–Kier alpha value is -2.43. The fraction of sp³-hybridized carbons (Fsp3) is 0.429. The van der Waals surface area contributed by atoms with Gasteiger partial charge in [0.15, 0.2) is 0 Å². The highest BCUT2D eigenvalue weighted by Crippen LogP contribution is 2.64. The average Bonchev–Trinajstić information content (AvgIpc) is 3.18. The second-order valence-electron chi connectivity index (χ2n) is 7.74. The number of benzene rings is 1. The van der Waals surface area contributed by atoms with Gasteiger partial charge in [0.1, 0.15) is 5.82 Å². The Morgan fingerprint density at radius 3 is 2.42 bits per heavy atom. The first kappa shape index (κ1) is 18.4. The minimum absolute atomic E-state index is 0.0220. The lowest BCUT2D eigenvalue weighted by molar-refractivity contribution is -0.124. The van der Waals surface area contributed by atoms with Gasteiger partial charge in [-0.25, -0.2) is 4.39 Å². The SMILES string of the molecule is Cc1cccc(=O)n1CCCNC(=O)[C@@]1(c2ccc(F)cc2)CC1(C)C. The lowest BCUT2D eigenvalue weighted by Crippen LogP contribution is -2.38. The highest BCUT2D eigenvalue weighted by atomic mass is 19.1. The third-order valence-electron chi connectivity index (χ3n) is 5.57. The number of amides is 1. The highest BCUT2D eigenvalue weighted by Gasteiger charge is 2.66. The van der Waals surface area contributed by atoms with E-state index in [1.807, 2.05) is 13.0 Å². The maximum absolute atomic E-state index is 13.2. The van der Waals surface area contributed by atoms with Crippen LogP contribution < -0.4 is 10.9 Å². The molecule has 26 heavy (non-hydrogen) atoms. The molecule has 1 aromatic heterocycles. The van der Waals surface area contributed by atoms with Crippen molar-refractivity contribution >= 4 is 5.91 Å². The number of hydrogen-bond acceptors (Lipinski definition) is 2. The summed E-state index contributed by atoms with van der Waals surface area (Å²) >= 11 is 0. The number of aryl methyl sites for hydroxylation is 1. The van der Waals surface area contributed by atoms with E-state index in [0.29, 0.717) is 19.5 Å². The van der Waals surface area contributed by atoms with Gasteiger partial charge in [-0.2, -0.15) is 0 Å². The standard InChI is InChI=1S/C21H25FN2O2/c1-15-6-4-7-18(25)24(15)13-5-12-23-19(26)21(14-20(21,2)3)16-8-10-17(22)11-9-16/h4,6-11H,5,12-14H2,1-3H3,(H,23,26)/t21-/m0/s1. The predicted molar refractivity (Wildman–Crippen MR) is 99.5 cm³/mol. The van der Waals surface area contributed by atoms with E-state index in [9.17, 15) is 14.0 Å². The van der Waals surface area contributed by atoms with Crippen molar-refractivity contribution < 1.29 is 9.18 Å². The molecule has 1 fully saturated rings. The Bertz CT molecular complexity index is 870. The number of rotatable bonds is 6. The third-order valence-corrected chi connectivity index (χ3v) is 5.57. The van der Waals surface area contributed by atoms with Gasteiger partial charge in [-0.15, -0.1) is 0 Å². The summed E-state index contributed by atoms with van der Waals surface area (Å²) in [7, 11) is 0. The molecule has 1 N–H and O–H groups in total. The lowest BCUT2D eigenvalue weighted by Gasteiger charge is -2.21. The summed E-state index contributed by atoms with van der Waals surface area (Å²) in [5, 5.41) is 3.02. The second kappa shape index (κ2) is 6.71. The first-order valence-corrected chi connectivity index (χ1v) is 8.99. The Morgan fingerprint density at radius 2 is 1.85 bits per heavy atom. The third kappa shape index (κ3) is 3.18. The van der Waals surface area contributed by atoms with Gasteiger partial charge < -0.3 is 9.88 Å². The Kier molecular flexibility index (Phi) is 4.74. The zero-order valence-corrected chi connectivity index (χ0v) is 15.5. The molecule has 0 radical (unpaired) electrons. The Morgan fingerprint density at radius 1 is 1.19 bits per heavy atom. The molecule has 1 aromatic carbocycles. The molecule has 1 aliphatic carbocycles. The molecule has 1 saturated carbocycles. The van der Waals surface area contributed by atoms with Gasteiger partial charge in [-0.3, -0.25) is 9.59 Å². The van der Waals surface area contributed by atoms with Gasteiger partial charge in [0.2, 0.25) is 5.91 Å². The van der Waals surface area contributed by atoms with Crippen LogP contribution in [-0.2, 0) is 16.8 Å². The van der Waals surface area contributed by atoms with Crippen LogP contribution in [-0.4, -0.2) is 17.0 Å². The minimum atomic E-state index is -0.597. The maximum Gasteiger partial charge on any atom is 0.250 e. The van der Waals surface area contributed by atoms with Gasteiger partial charge >= 0.3 is 0 Å². The van der Waals surface area contributed by atoms with Gasteiger partial charge in [0.05, 0.1) is 5.41 Å². The van der Waals surface area contributed by atoms with Gasteiger partial charge in [0, 0.05) is 24.8 Å². The molecule has 0 bridgehead atoms. The number of nitrogens with one attached hydrogen (secondary N) is 1. The molecule has 1 heterocycles. The number of halogens is 1. The van der Waals surface area contributed by atoms with Crippen LogP contribution >= 0.6 is 0 Å². The van der Waals surface area contributed by atoms with E-state index in [1.54, 1.807) is 28.8 Å². The zero-order valence-electron chi connectivity index (χ0n) is 15.5.